The van der Waals surface area contributed by atoms with Gasteiger partial charge in [-0.1, -0.05) is 32.0 Å². The van der Waals surface area contributed by atoms with E-state index >= 15 is 0 Å². The van der Waals surface area contributed by atoms with Gasteiger partial charge in [0, 0.05) is 19.5 Å². The molecule has 0 aromatic heterocycles. The van der Waals surface area contributed by atoms with Crippen molar-refractivity contribution >= 4 is 15.7 Å². The molecule has 0 radical (unpaired) electrons. The summed E-state index contributed by atoms with van der Waals surface area (Å²) in [5, 5.41) is 6.44. The molecule has 0 aliphatic carbocycles. The van der Waals surface area contributed by atoms with Crippen molar-refractivity contribution in [3.8, 4) is 0 Å². The first-order valence-corrected chi connectivity index (χ1v) is 10.5. The molecular weight excluding hydrogens is 324 g/mol. The van der Waals surface area contributed by atoms with Crippen LogP contribution in [0.25, 0.3) is 0 Å². The van der Waals surface area contributed by atoms with Crippen LogP contribution in [0.2, 0.25) is 0 Å². The van der Waals surface area contributed by atoms with E-state index in [-0.39, 0.29) is 29.4 Å². The monoisotopic (exact) mass is 350 g/mol. The van der Waals surface area contributed by atoms with Crippen molar-refractivity contribution in [1.82, 2.24) is 10.6 Å². The first kappa shape index (κ1) is 17.4. The van der Waals surface area contributed by atoms with Crippen LogP contribution < -0.4 is 10.6 Å². The number of nitrogens with one attached hydrogen (secondary N) is 2. The fraction of sp³-hybridized carbons (Fsp3) is 0.611. The van der Waals surface area contributed by atoms with Crippen LogP contribution in [-0.2, 0) is 21.2 Å². The van der Waals surface area contributed by atoms with Crippen LogP contribution in [0.15, 0.2) is 18.2 Å². The molecule has 1 fully saturated rings. The van der Waals surface area contributed by atoms with Crippen molar-refractivity contribution in [2.24, 2.45) is 5.92 Å². The zero-order valence-corrected chi connectivity index (χ0v) is 15.2. The molecule has 2 aliphatic rings. The number of carbonyl (C=O) groups excluding carboxylic acids is 1. The third kappa shape index (κ3) is 3.98. The second kappa shape index (κ2) is 6.84. The van der Waals surface area contributed by atoms with Crippen LogP contribution in [0.4, 0.5) is 0 Å². The normalized spacial score (nSPS) is 25.5. The predicted octanol–water partition coefficient (Wildman–Crippen LogP) is 1.90. The molecule has 1 aromatic carbocycles. The highest BCUT2D eigenvalue weighted by molar-refractivity contribution is 7.91. The van der Waals surface area contributed by atoms with Crippen molar-refractivity contribution in [2.45, 2.75) is 45.2 Å². The fourth-order valence-corrected chi connectivity index (χ4v) is 5.48. The zero-order chi connectivity index (χ0) is 17.3. The van der Waals surface area contributed by atoms with E-state index in [0.717, 1.165) is 6.54 Å². The summed E-state index contributed by atoms with van der Waals surface area (Å²) in [6.45, 7) is 5.88. The first-order chi connectivity index (χ1) is 11.3. The molecule has 6 heteroatoms. The molecule has 2 N–H and O–H groups in total. The lowest BCUT2D eigenvalue weighted by atomic mass is 9.91. The van der Waals surface area contributed by atoms with Crippen LogP contribution >= 0.6 is 0 Å². The Bertz CT molecular complexity index is 728. The summed E-state index contributed by atoms with van der Waals surface area (Å²) >= 11 is 0. The molecule has 2 heterocycles. The lowest BCUT2D eigenvalue weighted by Crippen LogP contribution is -2.40. The first-order valence-electron chi connectivity index (χ1n) is 8.67. The molecule has 2 atom stereocenters. The summed E-state index contributed by atoms with van der Waals surface area (Å²) in [6, 6.07) is 6.43. The Morgan fingerprint density at radius 1 is 1.38 bits per heavy atom. The Morgan fingerprint density at radius 2 is 2.17 bits per heavy atom. The molecule has 1 saturated heterocycles. The standard InChI is InChI=1S/C18H26N2O3S/c1-12(2)14-3-4-16-15(8-14)9-19-10-17(16)20-18(21)7-13-5-6-24(22,23)11-13/h3-4,8,12-13,17,19H,5-7,9-11H2,1-2H3,(H,20,21). The average Bonchev–Trinajstić information content (AvgIpc) is 2.85. The SMILES string of the molecule is CC(C)c1ccc2c(c1)CNCC2NC(=O)CC1CCS(=O)(=O)C1. The van der Waals surface area contributed by atoms with Crippen LogP contribution in [-0.4, -0.2) is 32.4 Å². The van der Waals surface area contributed by atoms with Crippen molar-refractivity contribution in [3.63, 3.8) is 0 Å². The molecule has 132 valence electrons. The molecule has 5 nitrogen and oxygen atoms in total. The Hall–Kier alpha value is -1.40. The van der Waals surface area contributed by atoms with Crippen LogP contribution in [0.1, 0.15) is 55.3 Å². The summed E-state index contributed by atoms with van der Waals surface area (Å²) in [5.74, 6) is 0.766. The van der Waals surface area contributed by atoms with Gasteiger partial charge in [0.05, 0.1) is 17.5 Å². The molecule has 1 aromatic rings. The van der Waals surface area contributed by atoms with Gasteiger partial charge in [-0.15, -0.1) is 0 Å². The molecule has 1 amide bonds. The topological polar surface area (TPSA) is 75.3 Å². The molecule has 0 saturated carbocycles. The summed E-state index contributed by atoms with van der Waals surface area (Å²) in [6.07, 6.45) is 0.905. The Labute approximate surface area is 144 Å². The number of hydrogen-bond donors (Lipinski definition) is 2. The minimum Gasteiger partial charge on any atom is -0.348 e. The van der Waals surface area contributed by atoms with Gasteiger partial charge in [0.15, 0.2) is 9.84 Å². The number of hydrogen-bond acceptors (Lipinski definition) is 4. The van der Waals surface area contributed by atoms with Gasteiger partial charge >= 0.3 is 0 Å². The maximum absolute atomic E-state index is 12.3. The highest BCUT2D eigenvalue weighted by atomic mass is 32.2. The maximum atomic E-state index is 12.3. The van der Waals surface area contributed by atoms with Gasteiger partial charge < -0.3 is 10.6 Å². The van der Waals surface area contributed by atoms with E-state index in [4.69, 9.17) is 0 Å². The second-order valence-electron chi connectivity index (χ2n) is 7.34. The Kier molecular flexibility index (Phi) is 4.97. The van der Waals surface area contributed by atoms with E-state index in [1.54, 1.807) is 0 Å². The molecular formula is C18H26N2O3S. The van der Waals surface area contributed by atoms with E-state index < -0.39 is 9.84 Å². The summed E-state index contributed by atoms with van der Waals surface area (Å²) < 4.78 is 23.0. The molecule has 24 heavy (non-hydrogen) atoms. The second-order valence-corrected chi connectivity index (χ2v) is 9.57. The van der Waals surface area contributed by atoms with E-state index in [0.29, 0.717) is 25.3 Å². The van der Waals surface area contributed by atoms with Gasteiger partial charge in [-0.25, -0.2) is 8.42 Å². The summed E-state index contributed by atoms with van der Waals surface area (Å²) in [7, 11) is -2.93. The quantitative estimate of drug-likeness (QED) is 0.870. The van der Waals surface area contributed by atoms with Gasteiger partial charge in [0.25, 0.3) is 0 Å². The summed E-state index contributed by atoms with van der Waals surface area (Å²) in [4.78, 5) is 12.3. The number of sulfone groups is 1. The molecule has 0 bridgehead atoms. The molecule has 0 spiro atoms. The molecule has 3 rings (SSSR count). The van der Waals surface area contributed by atoms with E-state index in [2.05, 4.69) is 42.7 Å². The number of benzene rings is 1. The number of fused-ring (bicyclic) bond motifs is 1. The minimum atomic E-state index is -2.93. The van der Waals surface area contributed by atoms with Crippen LogP contribution in [0.5, 0.6) is 0 Å². The van der Waals surface area contributed by atoms with E-state index in [9.17, 15) is 13.2 Å². The van der Waals surface area contributed by atoms with Gasteiger partial charge in [-0.05, 0) is 34.9 Å². The zero-order valence-electron chi connectivity index (χ0n) is 14.3. The van der Waals surface area contributed by atoms with E-state index in [1.165, 1.54) is 16.7 Å². The summed E-state index contributed by atoms with van der Waals surface area (Å²) in [5.41, 5.74) is 3.71. The van der Waals surface area contributed by atoms with Crippen LogP contribution in [0, 0.1) is 5.92 Å². The molecule has 2 unspecified atom stereocenters. The van der Waals surface area contributed by atoms with Crippen LogP contribution in [0.3, 0.4) is 0 Å². The van der Waals surface area contributed by atoms with Crippen molar-refractivity contribution in [1.29, 1.82) is 0 Å². The van der Waals surface area contributed by atoms with Crippen molar-refractivity contribution in [2.75, 3.05) is 18.1 Å². The number of amides is 1. The third-order valence-corrected chi connectivity index (χ3v) is 6.85. The fourth-order valence-electron chi connectivity index (χ4n) is 3.62. The average molecular weight is 350 g/mol. The Balaban J connectivity index is 1.65. The highest BCUT2D eigenvalue weighted by Gasteiger charge is 2.30. The van der Waals surface area contributed by atoms with Gasteiger partial charge in [-0.2, -0.15) is 0 Å². The number of carbonyl (C=O) groups is 1. The largest absolute Gasteiger partial charge is 0.348 e. The van der Waals surface area contributed by atoms with Gasteiger partial charge in [-0.3, -0.25) is 4.79 Å². The lowest BCUT2D eigenvalue weighted by molar-refractivity contribution is -0.122. The van der Waals surface area contributed by atoms with Gasteiger partial charge in [0.2, 0.25) is 5.91 Å². The number of rotatable bonds is 4. The molecule has 2 aliphatic heterocycles. The van der Waals surface area contributed by atoms with Crippen molar-refractivity contribution in [3.05, 3.63) is 34.9 Å². The lowest BCUT2D eigenvalue weighted by Gasteiger charge is -2.28. The third-order valence-electron chi connectivity index (χ3n) is 5.01. The predicted molar refractivity (Wildman–Crippen MR) is 94.5 cm³/mol. The van der Waals surface area contributed by atoms with Crippen molar-refractivity contribution < 1.29 is 13.2 Å². The maximum Gasteiger partial charge on any atom is 0.220 e. The smallest absolute Gasteiger partial charge is 0.220 e. The minimum absolute atomic E-state index is 0.0330. The van der Waals surface area contributed by atoms with E-state index in [1.807, 2.05) is 0 Å². The highest BCUT2D eigenvalue weighted by Crippen LogP contribution is 2.27. The Morgan fingerprint density at radius 3 is 2.83 bits per heavy atom. The van der Waals surface area contributed by atoms with Gasteiger partial charge in [0.1, 0.15) is 0 Å².